The van der Waals surface area contributed by atoms with E-state index >= 15 is 0 Å². The van der Waals surface area contributed by atoms with Gasteiger partial charge in [0.1, 0.15) is 0 Å². The molecule has 1 aromatic rings. The van der Waals surface area contributed by atoms with E-state index in [4.69, 9.17) is 10.6 Å². The number of likely N-dealkylation sites (N-methyl/N-ethyl adjacent to an activating group) is 1. The summed E-state index contributed by atoms with van der Waals surface area (Å²) in [6, 6.07) is 0.364. The minimum Gasteiger partial charge on any atom is -0.378 e. The summed E-state index contributed by atoms with van der Waals surface area (Å²) in [5.41, 5.74) is 2.49. The molecule has 0 radical (unpaired) electrons. The Hall–Kier alpha value is -1.71. The summed E-state index contributed by atoms with van der Waals surface area (Å²) in [7, 11) is 4.07. The van der Waals surface area contributed by atoms with Crippen molar-refractivity contribution in [1.82, 2.24) is 19.9 Å². The van der Waals surface area contributed by atoms with Gasteiger partial charge in [-0.2, -0.15) is 15.0 Å². The fraction of sp³-hybridized carbons (Fsp3) is 0.750. The molecule has 1 aliphatic rings. The van der Waals surface area contributed by atoms with Gasteiger partial charge in [-0.25, -0.2) is 5.84 Å². The third-order valence-electron chi connectivity index (χ3n) is 3.48. The van der Waals surface area contributed by atoms with Crippen LogP contribution in [0, 0.1) is 0 Å². The van der Waals surface area contributed by atoms with Crippen molar-refractivity contribution in [3.8, 4) is 0 Å². The summed E-state index contributed by atoms with van der Waals surface area (Å²) in [6.45, 7) is 5.75. The molecule has 1 fully saturated rings. The van der Waals surface area contributed by atoms with Gasteiger partial charge in [-0.15, -0.1) is 0 Å². The van der Waals surface area contributed by atoms with Crippen molar-refractivity contribution < 1.29 is 4.74 Å². The summed E-state index contributed by atoms with van der Waals surface area (Å²) in [6.07, 6.45) is 0. The summed E-state index contributed by atoms with van der Waals surface area (Å²) >= 11 is 0. The zero-order valence-corrected chi connectivity index (χ0v) is 12.8. The Kier molecular flexibility index (Phi) is 5.48. The summed E-state index contributed by atoms with van der Waals surface area (Å²) in [5, 5.41) is 3.22. The monoisotopic (exact) mass is 296 g/mol. The quantitative estimate of drug-likeness (QED) is 0.467. The lowest BCUT2D eigenvalue weighted by molar-refractivity contribution is 0.122. The normalized spacial score (nSPS) is 16.9. The van der Waals surface area contributed by atoms with Crippen LogP contribution in [0.3, 0.4) is 0 Å². The van der Waals surface area contributed by atoms with E-state index in [-0.39, 0.29) is 0 Å². The summed E-state index contributed by atoms with van der Waals surface area (Å²) in [4.78, 5) is 17.2. The molecule has 9 nitrogen and oxygen atoms in total. The molecule has 1 unspecified atom stereocenters. The summed E-state index contributed by atoms with van der Waals surface area (Å²) < 4.78 is 5.34. The number of nitrogens with two attached hydrogens (primary N) is 1. The van der Waals surface area contributed by atoms with Crippen LogP contribution in [0.2, 0.25) is 0 Å². The van der Waals surface area contributed by atoms with E-state index in [2.05, 4.69) is 42.4 Å². The number of aromatic nitrogens is 3. The molecule has 0 aromatic carbocycles. The smallest absolute Gasteiger partial charge is 0.243 e. The fourth-order valence-corrected chi connectivity index (χ4v) is 1.83. The number of rotatable bonds is 6. The first kappa shape index (κ1) is 15.7. The Labute approximate surface area is 124 Å². The number of hydrazine groups is 1. The molecule has 21 heavy (non-hydrogen) atoms. The van der Waals surface area contributed by atoms with Crippen molar-refractivity contribution in [2.75, 3.05) is 62.6 Å². The summed E-state index contributed by atoms with van der Waals surface area (Å²) in [5.74, 6) is 6.93. The van der Waals surface area contributed by atoms with E-state index in [1.807, 2.05) is 14.1 Å². The molecule has 0 amide bonds. The Bertz CT molecular complexity index is 449. The molecule has 1 aliphatic heterocycles. The molecular weight excluding hydrogens is 272 g/mol. The van der Waals surface area contributed by atoms with Gasteiger partial charge in [0.25, 0.3) is 0 Å². The van der Waals surface area contributed by atoms with Gasteiger partial charge in [0.05, 0.1) is 13.2 Å². The van der Waals surface area contributed by atoms with E-state index < -0.39 is 0 Å². The number of morpholine rings is 1. The molecule has 1 atom stereocenters. The predicted octanol–water partition coefficient (Wildman–Crippen LogP) is -0.644. The van der Waals surface area contributed by atoms with Gasteiger partial charge in [-0.1, -0.05) is 0 Å². The third kappa shape index (κ3) is 4.38. The maximum atomic E-state index is 5.44. The molecular formula is C12H24N8O. The molecule has 0 saturated carbocycles. The first-order chi connectivity index (χ1) is 10.1. The average Bonchev–Trinajstić information content (AvgIpc) is 2.52. The zero-order valence-electron chi connectivity index (χ0n) is 12.8. The molecule has 2 heterocycles. The largest absolute Gasteiger partial charge is 0.378 e. The van der Waals surface area contributed by atoms with Crippen LogP contribution in [0.25, 0.3) is 0 Å². The molecule has 118 valence electrons. The lowest BCUT2D eigenvalue weighted by atomic mass is 10.3. The number of anilines is 3. The van der Waals surface area contributed by atoms with Crippen LogP contribution in [0.15, 0.2) is 0 Å². The molecule has 9 heteroatoms. The maximum absolute atomic E-state index is 5.44. The van der Waals surface area contributed by atoms with Crippen LogP contribution in [-0.4, -0.2) is 72.8 Å². The molecule has 4 N–H and O–H groups in total. The molecule has 2 rings (SSSR count). The lowest BCUT2D eigenvalue weighted by Crippen LogP contribution is -2.38. The maximum Gasteiger partial charge on any atom is 0.243 e. The highest BCUT2D eigenvalue weighted by atomic mass is 16.5. The van der Waals surface area contributed by atoms with Crippen LogP contribution in [0.4, 0.5) is 17.8 Å². The van der Waals surface area contributed by atoms with Crippen molar-refractivity contribution in [1.29, 1.82) is 0 Å². The van der Waals surface area contributed by atoms with Gasteiger partial charge in [-0.3, -0.25) is 5.43 Å². The highest BCUT2D eigenvalue weighted by molar-refractivity contribution is 5.43. The predicted molar refractivity (Wildman–Crippen MR) is 82.3 cm³/mol. The molecule has 0 spiro atoms. The zero-order chi connectivity index (χ0) is 15.2. The number of nitrogens with zero attached hydrogens (tertiary/aromatic N) is 5. The van der Waals surface area contributed by atoms with Crippen LogP contribution in [0.5, 0.6) is 0 Å². The highest BCUT2D eigenvalue weighted by Gasteiger charge is 2.16. The van der Waals surface area contributed by atoms with Gasteiger partial charge in [0, 0.05) is 25.7 Å². The Morgan fingerprint density at radius 1 is 1.24 bits per heavy atom. The number of ether oxygens (including phenoxy) is 1. The van der Waals surface area contributed by atoms with Crippen molar-refractivity contribution in [3.63, 3.8) is 0 Å². The minimum atomic E-state index is 0.353. The van der Waals surface area contributed by atoms with E-state index in [0.29, 0.717) is 37.1 Å². The van der Waals surface area contributed by atoms with Crippen molar-refractivity contribution in [2.24, 2.45) is 5.84 Å². The first-order valence-electron chi connectivity index (χ1n) is 7.06. The Balaban J connectivity index is 2.09. The fourth-order valence-electron chi connectivity index (χ4n) is 1.83. The van der Waals surface area contributed by atoms with Gasteiger partial charge >= 0.3 is 0 Å². The van der Waals surface area contributed by atoms with Gasteiger partial charge in [0.2, 0.25) is 17.8 Å². The number of hydrogen-bond acceptors (Lipinski definition) is 9. The molecule has 1 saturated heterocycles. The van der Waals surface area contributed by atoms with Crippen molar-refractivity contribution in [2.45, 2.75) is 13.0 Å². The van der Waals surface area contributed by atoms with Crippen LogP contribution < -0.4 is 21.5 Å². The Morgan fingerprint density at radius 3 is 2.52 bits per heavy atom. The second kappa shape index (κ2) is 7.34. The third-order valence-corrected chi connectivity index (χ3v) is 3.48. The number of nitrogens with one attached hydrogen (secondary N) is 2. The van der Waals surface area contributed by atoms with Crippen LogP contribution in [0.1, 0.15) is 6.92 Å². The van der Waals surface area contributed by atoms with Gasteiger partial charge in [-0.05, 0) is 21.0 Å². The van der Waals surface area contributed by atoms with Gasteiger partial charge < -0.3 is 19.9 Å². The van der Waals surface area contributed by atoms with E-state index in [0.717, 1.165) is 19.6 Å². The lowest BCUT2D eigenvalue weighted by Gasteiger charge is -2.27. The highest BCUT2D eigenvalue weighted by Crippen LogP contribution is 2.14. The van der Waals surface area contributed by atoms with E-state index in [1.54, 1.807) is 0 Å². The van der Waals surface area contributed by atoms with Gasteiger partial charge in [0.15, 0.2) is 0 Å². The number of hydrogen-bond donors (Lipinski definition) is 3. The SMILES string of the molecule is CC(CNc1nc(NN)nc(N2CCOCC2)n1)N(C)C. The standard InChI is InChI=1S/C12H24N8O/c1-9(19(2)3)8-14-10-15-11(18-13)17-12(16-10)20-4-6-21-7-5-20/h9H,4-8,13H2,1-3H3,(H2,14,15,16,17,18). The second-order valence-electron chi connectivity index (χ2n) is 5.22. The van der Waals surface area contributed by atoms with Crippen molar-refractivity contribution >= 4 is 17.8 Å². The number of nitrogen functional groups attached to an aromatic ring is 1. The van der Waals surface area contributed by atoms with Crippen molar-refractivity contribution in [3.05, 3.63) is 0 Å². The van der Waals surface area contributed by atoms with E-state index in [9.17, 15) is 0 Å². The topological polar surface area (TPSA) is 104 Å². The first-order valence-corrected chi connectivity index (χ1v) is 7.06. The molecule has 0 bridgehead atoms. The van der Waals surface area contributed by atoms with Crippen LogP contribution in [-0.2, 0) is 4.74 Å². The van der Waals surface area contributed by atoms with E-state index in [1.165, 1.54) is 0 Å². The Morgan fingerprint density at radius 2 is 1.90 bits per heavy atom. The van der Waals surface area contributed by atoms with Crippen LogP contribution >= 0.6 is 0 Å². The molecule has 1 aromatic heterocycles. The second-order valence-corrected chi connectivity index (χ2v) is 5.22. The molecule has 0 aliphatic carbocycles. The average molecular weight is 296 g/mol. The minimum absolute atomic E-state index is 0.353.